The second-order valence-electron chi connectivity index (χ2n) is 12.5. The van der Waals surface area contributed by atoms with Crippen molar-refractivity contribution in [1.82, 2.24) is 24.7 Å². The van der Waals surface area contributed by atoms with Gasteiger partial charge in [0.1, 0.15) is 17.5 Å². The fourth-order valence-corrected chi connectivity index (χ4v) is 10.7. The van der Waals surface area contributed by atoms with Crippen LogP contribution in [0.5, 0.6) is 5.88 Å². The van der Waals surface area contributed by atoms with E-state index in [2.05, 4.69) is 70.4 Å². The predicted molar refractivity (Wildman–Crippen MR) is 198 cm³/mol. The van der Waals surface area contributed by atoms with Gasteiger partial charge in [-0.3, -0.25) is 4.79 Å². The lowest BCUT2D eigenvalue weighted by atomic mass is 10.2. The van der Waals surface area contributed by atoms with Gasteiger partial charge in [-0.15, -0.1) is 0 Å². The molecule has 1 unspecified atom stereocenters. The largest absolute Gasteiger partial charge is 0.461 e. The molecule has 3 heterocycles. The number of rotatable bonds is 13. The molecule has 3 aromatic heterocycles. The third-order valence-electron chi connectivity index (χ3n) is 8.17. The highest BCUT2D eigenvalue weighted by atomic mass is 35.5. The Morgan fingerprint density at radius 2 is 1.52 bits per heavy atom. The van der Waals surface area contributed by atoms with Crippen molar-refractivity contribution in [2.24, 2.45) is 0 Å². The Balaban J connectivity index is 1.22. The molecule has 256 valence electrons. The Morgan fingerprint density at radius 1 is 0.840 bits per heavy atom. The highest BCUT2D eigenvalue weighted by Crippen LogP contribution is 2.36. The molecule has 6 aromatic rings. The number of aromatic nitrogens is 5. The Morgan fingerprint density at radius 3 is 2.16 bits per heavy atom. The van der Waals surface area contributed by atoms with Gasteiger partial charge < -0.3 is 19.2 Å². The number of amides is 1. The molecule has 0 spiro atoms. The molecule has 1 atom stereocenters. The van der Waals surface area contributed by atoms with Crippen molar-refractivity contribution < 1.29 is 18.7 Å². The lowest BCUT2D eigenvalue weighted by molar-refractivity contribution is -0.125. The maximum absolute atomic E-state index is 13.6. The predicted octanol–water partition coefficient (Wildman–Crippen LogP) is 6.50. The summed E-state index contributed by atoms with van der Waals surface area (Å²) in [5, 5.41) is 10.8. The molecule has 6 rings (SSSR count). The molecule has 0 radical (unpaired) electrons. The highest BCUT2D eigenvalue weighted by Gasteiger charge is 2.50. The number of ether oxygens (including phenoxy) is 2. The number of nitrogens with zero attached hydrogens (tertiary/aromatic N) is 5. The summed E-state index contributed by atoms with van der Waals surface area (Å²) in [6.45, 7) is 7.05. The molecule has 0 aliphatic heterocycles. The summed E-state index contributed by atoms with van der Waals surface area (Å²) in [5.41, 5.74) is 1.10. The molecule has 1 N–H and O–H groups in total. The van der Waals surface area contributed by atoms with Gasteiger partial charge in [0.25, 0.3) is 14.2 Å². The second-order valence-corrected chi connectivity index (χ2v) is 17.6. The molecule has 0 bridgehead atoms. The van der Waals surface area contributed by atoms with Crippen LogP contribution < -0.4 is 20.4 Å². The van der Waals surface area contributed by atoms with Crippen LogP contribution in [0.2, 0.25) is 15.1 Å². The number of carbonyl (C=O) groups excluding carboxylic acids is 1. The van der Waals surface area contributed by atoms with Gasteiger partial charge in [-0.2, -0.15) is 5.10 Å². The van der Waals surface area contributed by atoms with E-state index in [4.69, 9.17) is 37.1 Å². The molecular formula is C37H36Cl2N6O4Si. The third-order valence-corrected chi connectivity index (χ3v) is 13.8. The number of hydrogen-bond acceptors (Lipinski definition) is 8. The minimum absolute atomic E-state index is 0.103. The molecular weight excluding hydrogens is 691 g/mol. The summed E-state index contributed by atoms with van der Waals surface area (Å²) < 4.78 is 20.9. The van der Waals surface area contributed by atoms with Crippen LogP contribution in [0.25, 0.3) is 16.7 Å². The van der Waals surface area contributed by atoms with Crippen LogP contribution in [0.1, 0.15) is 20.8 Å². The molecule has 0 fully saturated rings. The standard InChI is InChI=1S/C37H36Cl2N6O4Si/c1-37(2,3)50(27-12-6-4-7-13-27,28-14-8-5-9-15-28)48-21-20-47-24-32(35(46)44-33-19-18-26(38)22-40-33)49-36-29-23-43-45(34(29)41-25-42-36)31-17-11-10-16-30(31)39/h4-19,22-23,25,32H,20-21,24H2,1-3H3,(H,40,44,46). The minimum Gasteiger partial charge on any atom is -0.461 e. The van der Waals surface area contributed by atoms with Crippen LogP contribution in [0.4, 0.5) is 5.82 Å². The van der Waals surface area contributed by atoms with E-state index in [9.17, 15) is 4.79 Å². The van der Waals surface area contributed by atoms with Crippen LogP contribution in [0.15, 0.2) is 116 Å². The van der Waals surface area contributed by atoms with E-state index >= 15 is 0 Å². The number of anilines is 1. The first kappa shape index (κ1) is 35.2. The molecule has 10 nitrogen and oxygen atoms in total. The lowest BCUT2D eigenvalue weighted by Crippen LogP contribution is -2.66. The van der Waals surface area contributed by atoms with E-state index in [1.807, 2.05) is 54.6 Å². The van der Waals surface area contributed by atoms with Crippen molar-refractivity contribution in [2.75, 3.05) is 25.1 Å². The SMILES string of the molecule is CC(C)(C)[Si](OCCOCC(Oc1ncnc2c1cnn2-c1ccccc1Cl)C(=O)Nc1ccc(Cl)cn1)(c1ccccc1)c1ccccc1. The van der Waals surface area contributed by atoms with Crippen molar-refractivity contribution >= 4 is 64.7 Å². The molecule has 1 amide bonds. The van der Waals surface area contributed by atoms with Gasteiger partial charge >= 0.3 is 0 Å². The number of hydrogen-bond donors (Lipinski definition) is 1. The molecule has 13 heteroatoms. The monoisotopic (exact) mass is 726 g/mol. The zero-order chi connectivity index (χ0) is 35.1. The number of para-hydroxylation sites is 1. The normalized spacial score (nSPS) is 12.5. The smallest absolute Gasteiger partial charge is 0.269 e. The topological polar surface area (TPSA) is 113 Å². The van der Waals surface area contributed by atoms with Gasteiger partial charge in [-0.1, -0.05) is 117 Å². The Kier molecular flexibility index (Phi) is 10.9. The summed E-state index contributed by atoms with van der Waals surface area (Å²) in [7, 11) is -2.77. The zero-order valence-electron chi connectivity index (χ0n) is 27.8. The number of halogens is 2. The molecule has 0 aliphatic carbocycles. The fourth-order valence-electron chi connectivity index (χ4n) is 5.88. The van der Waals surface area contributed by atoms with E-state index in [0.29, 0.717) is 39.2 Å². The summed E-state index contributed by atoms with van der Waals surface area (Å²) >= 11 is 12.5. The van der Waals surface area contributed by atoms with Crippen molar-refractivity contribution in [3.63, 3.8) is 0 Å². The minimum atomic E-state index is -2.77. The average Bonchev–Trinajstić information content (AvgIpc) is 3.55. The highest BCUT2D eigenvalue weighted by molar-refractivity contribution is 6.99. The van der Waals surface area contributed by atoms with Crippen molar-refractivity contribution in [1.29, 1.82) is 0 Å². The van der Waals surface area contributed by atoms with Crippen LogP contribution in [-0.4, -0.2) is 64.9 Å². The Labute approximate surface area is 301 Å². The van der Waals surface area contributed by atoms with Gasteiger partial charge in [0.15, 0.2) is 5.65 Å². The summed E-state index contributed by atoms with van der Waals surface area (Å²) in [5.74, 6) is -0.0231. The van der Waals surface area contributed by atoms with E-state index < -0.39 is 20.3 Å². The average molecular weight is 728 g/mol. The van der Waals surface area contributed by atoms with Crippen LogP contribution in [0.3, 0.4) is 0 Å². The first-order chi connectivity index (χ1) is 24.2. The third kappa shape index (κ3) is 7.57. The van der Waals surface area contributed by atoms with E-state index in [1.165, 1.54) is 22.9 Å². The van der Waals surface area contributed by atoms with Crippen molar-refractivity contribution in [3.8, 4) is 11.6 Å². The van der Waals surface area contributed by atoms with Gasteiger partial charge in [0.05, 0.1) is 41.8 Å². The van der Waals surface area contributed by atoms with E-state index in [0.717, 1.165) is 0 Å². The lowest BCUT2D eigenvalue weighted by Gasteiger charge is -2.43. The van der Waals surface area contributed by atoms with E-state index in [1.54, 1.807) is 29.1 Å². The quantitative estimate of drug-likeness (QED) is 0.106. The second kappa shape index (κ2) is 15.5. The van der Waals surface area contributed by atoms with Crippen molar-refractivity contribution in [2.45, 2.75) is 31.9 Å². The summed E-state index contributed by atoms with van der Waals surface area (Å²) in [6, 6.07) is 31.3. The number of pyridine rings is 1. The van der Waals surface area contributed by atoms with Crippen molar-refractivity contribution in [3.05, 3.63) is 126 Å². The molecule has 0 saturated heterocycles. The maximum Gasteiger partial charge on any atom is 0.269 e. The van der Waals surface area contributed by atoms with Gasteiger partial charge in [-0.05, 0) is 39.7 Å². The first-order valence-electron chi connectivity index (χ1n) is 16.0. The number of carbonyl (C=O) groups is 1. The fraction of sp³-hybridized carbons (Fsp3) is 0.216. The van der Waals surface area contributed by atoms with E-state index in [-0.39, 0.29) is 24.1 Å². The number of nitrogens with one attached hydrogen (secondary N) is 1. The first-order valence-corrected chi connectivity index (χ1v) is 18.7. The Hall–Kier alpha value is -4.65. The van der Waals surface area contributed by atoms with Crippen LogP contribution in [0, 0.1) is 0 Å². The van der Waals surface area contributed by atoms with Gasteiger partial charge in [0.2, 0.25) is 12.0 Å². The zero-order valence-corrected chi connectivity index (χ0v) is 30.3. The Bertz CT molecular complexity index is 2000. The van der Waals surface area contributed by atoms with Gasteiger partial charge in [0, 0.05) is 6.20 Å². The molecule has 3 aromatic carbocycles. The van der Waals surface area contributed by atoms with Gasteiger partial charge in [-0.25, -0.2) is 19.6 Å². The number of fused-ring (bicyclic) bond motifs is 1. The molecule has 50 heavy (non-hydrogen) atoms. The van der Waals surface area contributed by atoms with Crippen LogP contribution in [-0.2, 0) is 14.0 Å². The maximum atomic E-state index is 13.6. The molecule has 0 saturated carbocycles. The van der Waals surface area contributed by atoms with Crippen LogP contribution >= 0.6 is 23.2 Å². The summed E-state index contributed by atoms with van der Waals surface area (Å²) in [6.07, 6.45) is 3.24. The number of benzene rings is 3. The molecule has 0 aliphatic rings. The summed E-state index contributed by atoms with van der Waals surface area (Å²) in [4.78, 5) is 26.6.